The Morgan fingerprint density at radius 2 is 2.12 bits per heavy atom. The van der Waals surface area contributed by atoms with Crippen molar-refractivity contribution in [1.29, 1.82) is 0 Å². The van der Waals surface area contributed by atoms with E-state index in [9.17, 15) is 9.18 Å². The Hall–Kier alpha value is -4.07. The fourth-order valence-electron chi connectivity index (χ4n) is 3.86. The number of carbonyl (C=O) groups is 1. The van der Waals surface area contributed by atoms with Crippen LogP contribution in [0.5, 0.6) is 5.75 Å². The van der Waals surface area contributed by atoms with Crippen molar-refractivity contribution in [3.8, 4) is 5.75 Å². The molecule has 162 valence electrons. The van der Waals surface area contributed by atoms with Crippen LogP contribution in [0, 0.1) is 5.82 Å². The maximum atomic E-state index is 14.1. The van der Waals surface area contributed by atoms with E-state index in [4.69, 9.17) is 7.48 Å². The quantitative estimate of drug-likeness (QED) is 0.417. The number of halogens is 1. The van der Waals surface area contributed by atoms with Gasteiger partial charge in [0.05, 0.1) is 15.5 Å². The third kappa shape index (κ3) is 3.71. The molecule has 0 unspecified atom stereocenters. The lowest BCUT2D eigenvalue weighted by Gasteiger charge is -2.19. The van der Waals surface area contributed by atoms with E-state index in [1.807, 2.05) is 12.1 Å². The summed E-state index contributed by atoms with van der Waals surface area (Å²) in [4.78, 5) is 21.6. The molecule has 5 rings (SSSR count). The number of anilines is 3. The number of aromatic amines is 1. The van der Waals surface area contributed by atoms with Crippen molar-refractivity contribution < 1.29 is 16.7 Å². The van der Waals surface area contributed by atoms with Crippen molar-refractivity contribution in [1.82, 2.24) is 9.97 Å². The summed E-state index contributed by atoms with van der Waals surface area (Å²) in [5.41, 5.74) is 3.15. The van der Waals surface area contributed by atoms with Gasteiger partial charge in [-0.2, -0.15) is 0 Å². The summed E-state index contributed by atoms with van der Waals surface area (Å²) < 4.78 is 37.0. The average molecular weight is 433 g/mol. The number of H-pyrrole nitrogens is 1. The Balaban J connectivity index is 1.40. The van der Waals surface area contributed by atoms with Gasteiger partial charge in [0.2, 0.25) is 0 Å². The smallest absolute Gasteiger partial charge is 0.323 e. The number of pyridine rings is 1. The van der Waals surface area contributed by atoms with Crippen LogP contribution in [0.2, 0.25) is 0 Å². The number of ether oxygens (including phenoxy) is 1. The Bertz CT molecular complexity index is 1390. The van der Waals surface area contributed by atoms with E-state index in [-0.39, 0.29) is 5.69 Å². The van der Waals surface area contributed by atoms with Gasteiger partial charge in [-0.3, -0.25) is 0 Å². The molecule has 2 amide bonds. The van der Waals surface area contributed by atoms with Gasteiger partial charge in [-0.1, -0.05) is 6.07 Å². The minimum atomic E-state index is -1.81. The number of hydrogen-bond donors (Lipinski definition) is 3. The molecule has 0 fully saturated rings. The monoisotopic (exact) mass is 433 g/mol. The summed E-state index contributed by atoms with van der Waals surface area (Å²) >= 11 is 0. The molecule has 2 aromatic heterocycles. The highest BCUT2D eigenvalue weighted by molar-refractivity contribution is 6.01. The number of urea groups is 1. The first kappa shape index (κ1) is 17.6. The average Bonchev–Trinajstić information content (AvgIpc) is 3.46. The van der Waals surface area contributed by atoms with Crippen LogP contribution in [-0.2, 0) is 12.9 Å². The van der Waals surface area contributed by atoms with Crippen molar-refractivity contribution in [3.63, 3.8) is 0 Å². The minimum Gasteiger partial charge on any atom is -0.497 e. The van der Waals surface area contributed by atoms with E-state index >= 15 is 0 Å². The number of amides is 2. The van der Waals surface area contributed by atoms with Gasteiger partial charge < -0.3 is 25.3 Å². The number of nitrogens with zero attached hydrogens (tertiary/aromatic N) is 2. The lowest BCUT2D eigenvalue weighted by atomic mass is 10.1. The summed E-state index contributed by atoms with van der Waals surface area (Å²) in [7, 11) is 1.46. The molecule has 0 spiro atoms. The molecule has 32 heavy (non-hydrogen) atoms. The lowest BCUT2D eigenvalue weighted by molar-refractivity contribution is 0.262. The standard InChI is InChI=1S/C24H22FN5O2/c1-32-16-7-8-19(25)21(12-16)29-24(31)28-20-5-2-6-22-18(20)9-11-30(22)14-15-13-27-23-17(15)4-3-10-26-23/h2-8,10,12-13H,9,11,14H2,1H3,(H,26,27)(H2,28,29,31)/i14D2. The zero-order valence-corrected chi connectivity index (χ0v) is 17.3. The molecule has 0 saturated heterocycles. The topological polar surface area (TPSA) is 82.3 Å². The Labute approximate surface area is 187 Å². The van der Waals surface area contributed by atoms with E-state index in [0.29, 0.717) is 41.3 Å². The van der Waals surface area contributed by atoms with Gasteiger partial charge in [-0.25, -0.2) is 14.2 Å². The maximum absolute atomic E-state index is 14.1. The third-order valence-corrected chi connectivity index (χ3v) is 5.40. The molecule has 0 radical (unpaired) electrons. The van der Waals surface area contributed by atoms with Gasteiger partial charge in [0.15, 0.2) is 0 Å². The van der Waals surface area contributed by atoms with Crippen LogP contribution in [0.1, 0.15) is 13.9 Å². The highest BCUT2D eigenvalue weighted by Gasteiger charge is 2.23. The van der Waals surface area contributed by atoms with E-state index in [1.54, 1.807) is 35.5 Å². The normalized spacial score (nSPS) is 14.0. The predicted octanol–water partition coefficient (Wildman–Crippen LogP) is 4.92. The van der Waals surface area contributed by atoms with Crippen LogP contribution < -0.4 is 20.3 Å². The van der Waals surface area contributed by atoms with Crippen LogP contribution in [0.4, 0.5) is 26.2 Å². The SMILES string of the molecule is [2H]C([2H])(c1c[nH]c2ncccc12)N1CCc2c(NC(=O)Nc3cc(OC)ccc3F)cccc21. The number of fused-ring (bicyclic) bond motifs is 2. The molecule has 7 nitrogen and oxygen atoms in total. The Morgan fingerprint density at radius 1 is 1.25 bits per heavy atom. The van der Waals surface area contributed by atoms with Crippen molar-refractivity contribution in [2.75, 3.05) is 29.2 Å². The largest absolute Gasteiger partial charge is 0.497 e. The Morgan fingerprint density at radius 3 is 3.00 bits per heavy atom. The number of hydrogen-bond acceptors (Lipinski definition) is 4. The summed E-state index contributed by atoms with van der Waals surface area (Å²) in [5, 5.41) is 5.99. The molecule has 0 aliphatic carbocycles. The molecule has 3 N–H and O–H groups in total. The zero-order valence-electron chi connectivity index (χ0n) is 19.3. The highest BCUT2D eigenvalue weighted by atomic mass is 19.1. The lowest BCUT2D eigenvalue weighted by Crippen LogP contribution is -2.21. The highest BCUT2D eigenvalue weighted by Crippen LogP contribution is 2.35. The second-order valence-electron chi connectivity index (χ2n) is 7.34. The minimum absolute atomic E-state index is 0.00432. The summed E-state index contributed by atoms with van der Waals surface area (Å²) in [6.45, 7) is -1.38. The predicted molar refractivity (Wildman–Crippen MR) is 123 cm³/mol. The first-order valence-electron chi connectivity index (χ1n) is 11.1. The number of methoxy groups -OCH3 is 1. The van der Waals surface area contributed by atoms with Gasteiger partial charge in [0.25, 0.3) is 0 Å². The van der Waals surface area contributed by atoms with E-state index in [1.165, 1.54) is 25.3 Å². The van der Waals surface area contributed by atoms with Crippen molar-refractivity contribution in [2.45, 2.75) is 12.9 Å². The number of benzene rings is 2. The molecule has 4 aromatic rings. The molecule has 0 saturated carbocycles. The van der Waals surface area contributed by atoms with Crippen LogP contribution >= 0.6 is 0 Å². The number of rotatable bonds is 5. The second-order valence-corrected chi connectivity index (χ2v) is 7.34. The number of carbonyl (C=O) groups excluding carboxylic acids is 1. The van der Waals surface area contributed by atoms with Crippen LogP contribution in [0.25, 0.3) is 11.0 Å². The van der Waals surface area contributed by atoms with Crippen molar-refractivity contribution >= 4 is 34.1 Å². The van der Waals surface area contributed by atoms with Gasteiger partial charge in [-0.05, 0) is 48.4 Å². The molecule has 3 heterocycles. The summed E-state index contributed by atoms with van der Waals surface area (Å²) in [6, 6.07) is 12.4. The van der Waals surface area contributed by atoms with E-state index < -0.39 is 18.3 Å². The van der Waals surface area contributed by atoms with Gasteiger partial charge in [-0.15, -0.1) is 0 Å². The summed E-state index contributed by atoms with van der Waals surface area (Å²) in [5.74, 6) is -0.163. The molecule has 8 heteroatoms. The molecular formula is C24H22FN5O2. The third-order valence-electron chi connectivity index (χ3n) is 5.40. The fourth-order valence-corrected chi connectivity index (χ4v) is 3.86. The molecule has 1 aliphatic heterocycles. The van der Waals surface area contributed by atoms with E-state index in [2.05, 4.69) is 20.6 Å². The maximum Gasteiger partial charge on any atom is 0.323 e. The number of aromatic nitrogens is 2. The first-order chi connectivity index (χ1) is 16.4. The number of nitrogens with one attached hydrogen (secondary N) is 3. The Kier molecular flexibility index (Phi) is 4.52. The second kappa shape index (κ2) is 8.22. The van der Waals surface area contributed by atoms with Crippen molar-refractivity contribution in [2.24, 2.45) is 0 Å². The van der Waals surface area contributed by atoms with Crippen LogP contribution in [0.15, 0.2) is 60.9 Å². The van der Waals surface area contributed by atoms with E-state index in [0.717, 1.165) is 10.9 Å². The fraction of sp³-hybridized carbons (Fsp3) is 0.167. The van der Waals surface area contributed by atoms with Gasteiger partial charge >= 0.3 is 6.03 Å². The first-order valence-corrected chi connectivity index (χ1v) is 10.1. The van der Waals surface area contributed by atoms with Gasteiger partial charge in [0, 0.05) is 53.8 Å². The van der Waals surface area contributed by atoms with Crippen molar-refractivity contribution in [3.05, 3.63) is 77.9 Å². The summed E-state index contributed by atoms with van der Waals surface area (Å²) in [6.07, 6.45) is 3.84. The molecule has 0 atom stereocenters. The molecule has 2 aromatic carbocycles. The molecule has 1 aliphatic rings. The zero-order chi connectivity index (χ0) is 23.9. The van der Waals surface area contributed by atoms with Crippen LogP contribution in [-0.4, -0.2) is 29.7 Å². The molecular weight excluding hydrogens is 409 g/mol. The van der Waals surface area contributed by atoms with Gasteiger partial charge in [0.1, 0.15) is 17.2 Å². The molecule has 0 bridgehead atoms. The van der Waals surface area contributed by atoms with Crippen LogP contribution in [0.3, 0.4) is 0 Å².